The van der Waals surface area contributed by atoms with Crippen molar-refractivity contribution in [1.29, 1.82) is 0 Å². The SMILES string of the molecule is C=CCN1CCC(NC(=NCC(C)Oc2ccccc2Cl)NCC)CC1. The van der Waals surface area contributed by atoms with Crippen LogP contribution in [0.15, 0.2) is 41.9 Å². The molecule has 1 aliphatic heterocycles. The van der Waals surface area contributed by atoms with Crippen LogP contribution in [0.4, 0.5) is 0 Å². The van der Waals surface area contributed by atoms with E-state index in [1.54, 1.807) is 0 Å². The first-order chi connectivity index (χ1) is 12.6. The first kappa shape index (κ1) is 20.6. The summed E-state index contributed by atoms with van der Waals surface area (Å²) in [5.74, 6) is 1.55. The Labute approximate surface area is 162 Å². The first-order valence-electron chi connectivity index (χ1n) is 9.41. The van der Waals surface area contributed by atoms with Gasteiger partial charge in [0.15, 0.2) is 5.96 Å². The summed E-state index contributed by atoms with van der Waals surface area (Å²) in [6.45, 7) is 12.5. The lowest BCUT2D eigenvalue weighted by atomic mass is 10.1. The van der Waals surface area contributed by atoms with Crippen molar-refractivity contribution in [3.63, 3.8) is 0 Å². The Morgan fingerprint density at radius 3 is 2.81 bits per heavy atom. The fourth-order valence-corrected chi connectivity index (χ4v) is 3.15. The Bertz CT molecular complexity index is 585. The molecule has 0 aliphatic carbocycles. The maximum atomic E-state index is 6.15. The number of benzene rings is 1. The average Bonchev–Trinajstić information content (AvgIpc) is 2.64. The van der Waals surface area contributed by atoms with E-state index in [9.17, 15) is 0 Å². The fourth-order valence-electron chi connectivity index (χ4n) is 2.97. The predicted octanol–water partition coefficient (Wildman–Crippen LogP) is 3.31. The zero-order valence-electron chi connectivity index (χ0n) is 15.9. The third-order valence-corrected chi connectivity index (χ3v) is 4.64. The molecular formula is C20H31ClN4O. The highest BCUT2D eigenvalue weighted by Crippen LogP contribution is 2.24. The lowest BCUT2D eigenvalue weighted by Crippen LogP contribution is -2.48. The van der Waals surface area contributed by atoms with Crippen LogP contribution in [0, 0.1) is 0 Å². The second kappa shape index (κ2) is 11.1. The summed E-state index contributed by atoms with van der Waals surface area (Å²) in [4.78, 5) is 7.11. The smallest absolute Gasteiger partial charge is 0.191 e. The molecule has 1 aromatic rings. The van der Waals surface area contributed by atoms with E-state index < -0.39 is 0 Å². The van der Waals surface area contributed by atoms with Crippen LogP contribution in [0.2, 0.25) is 5.02 Å². The molecule has 0 spiro atoms. The van der Waals surface area contributed by atoms with Gasteiger partial charge >= 0.3 is 0 Å². The van der Waals surface area contributed by atoms with E-state index in [4.69, 9.17) is 16.3 Å². The molecule has 0 radical (unpaired) electrons. The van der Waals surface area contributed by atoms with E-state index in [-0.39, 0.29) is 6.10 Å². The normalized spacial score (nSPS) is 17.6. The lowest BCUT2D eigenvalue weighted by Gasteiger charge is -2.32. The number of likely N-dealkylation sites (tertiary alicyclic amines) is 1. The van der Waals surface area contributed by atoms with Crippen molar-refractivity contribution < 1.29 is 4.74 Å². The maximum Gasteiger partial charge on any atom is 0.191 e. The van der Waals surface area contributed by atoms with Gasteiger partial charge in [-0.15, -0.1) is 6.58 Å². The quantitative estimate of drug-likeness (QED) is 0.414. The minimum absolute atomic E-state index is 0.0557. The van der Waals surface area contributed by atoms with Gasteiger partial charge in [-0.05, 0) is 38.8 Å². The molecule has 144 valence electrons. The molecule has 1 aliphatic rings. The molecule has 2 rings (SSSR count). The van der Waals surface area contributed by atoms with Crippen molar-refractivity contribution in [1.82, 2.24) is 15.5 Å². The largest absolute Gasteiger partial charge is 0.487 e. The molecule has 26 heavy (non-hydrogen) atoms. The summed E-state index contributed by atoms with van der Waals surface area (Å²) < 4.78 is 5.89. The van der Waals surface area contributed by atoms with Gasteiger partial charge in [-0.2, -0.15) is 0 Å². The van der Waals surface area contributed by atoms with Crippen molar-refractivity contribution in [2.24, 2.45) is 4.99 Å². The van der Waals surface area contributed by atoms with Gasteiger partial charge < -0.3 is 15.4 Å². The Hall–Kier alpha value is -1.72. The van der Waals surface area contributed by atoms with Gasteiger partial charge in [0, 0.05) is 32.2 Å². The number of halogens is 1. The standard InChI is InChI=1S/C20H31ClN4O/c1-4-12-25-13-10-17(11-14-25)24-20(22-5-2)23-15-16(3)26-19-9-7-6-8-18(19)21/h4,6-9,16-17H,1,5,10-15H2,2-3H3,(H2,22,23,24). The van der Waals surface area contributed by atoms with Crippen LogP contribution < -0.4 is 15.4 Å². The first-order valence-corrected chi connectivity index (χ1v) is 9.79. The van der Waals surface area contributed by atoms with Crippen molar-refractivity contribution in [3.05, 3.63) is 41.9 Å². The van der Waals surface area contributed by atoms with Crippen LogP contribution in [-0.2, 0) is 0 Å². The predicted molar refractivity (Wildman–Crippen MR) is 110 cm³/mol. The molecular weight excluding hydrogens is 348 g/mol. The van der Waals surface area contributed by atoms with Gasteiger partial charge in [0.2, 0.25) is 0 Å². The van der Waals surface area contributed by atoms with Crippen molar-refractivity contribution in [2.45, 2.75) is 38.8 Å². The Morgan fingerprint density at radius 2 is 2.15 bits per heavy atom. The molecule has 1 fully saturated rings. The van der Waals surface area contributed by atoms with E-state index in [1.807, 2.05) is 37.3 Å². The van der Waals surface area contributed by atoms with Gasteiger partial charge in [-0.3, -0.25) is 4.90 Å². The van der Waals surface area contributed by atoms with Crippen molar-refractivity contribution in [3.8, 4) is 5.75 Å². The van der Waals surface area contributed by atoms with E-state index in [0.29, 0.717) is 23.4 Å². The average molecular weight is 379 g/mol. The van der Waals surface area contributed by atoms with Crippen molar-refractivity contribution >= 4 is 17.6 Å². The molecule has 1 heterocycles. The number of piperidine rings is 1. The number of aliphatic imine (C=N–C) groups is 1. The minimum atomic E-state index is -0.0557. The number of nitrogens with one attached hydrogen (secondary N) is 2. The van der Waals surface area contributed by atoms with Crippen molar-refractivity contribution in [2.75, 3.05) is 32.7 Å². The van der Waals surface area contributed by atoms with Crippen LogP contribution in [0.3, 0.4) is 0 Å². The summed E-state index contributed by atoms with van der Waals surface area (Å²) in [5, 5.41) is 7.50. The van der Waals surface area contributed by atoms with Gasteiger partial charge in [0.1, 0.15) is 11.9 Å². The van der Waals surface area contributed by atoms with Crippen LogP contribution in [-0.4, -0.2) is 55.7 Å². The number of rotatable bonds is 8. The summed E-state index contributed by atoms with van der Waals surface area (Å²) in [7, 11) is 0. The van der Waals surface area contributed by atoms with Crippen LogP contribution in [0.5, 0.6) is 5.75 Å². The highest BCUT2D eigenvalue weighted by Gasteiger charge is 2.19. The van der Waals surface area contributed by atoms with E-state index >= 15 is 0 Å². The molecule has 2 N–H and O–H groups in total. The summed E-state index contributed by atoms with van der Waals surface area (Å²) in [6.07, 6.45) is 4.15. The zero-order valence-corrected chi connectivity index (χ0v) is 16.6. The third-order valence-electron chi connectivity index (χ3n) is 4.33. The van der Waals surface area contributed by atoms with Crippen LogP contribution >= 0.6 is 11.6 Å². The van der Waals surface area contributed by atoms with Gasteiger partial charge in [0.25, 0.3) is 0 Å². The van der Waals surface area contributed by atoms with Crippen LogP contribution in [0.1, 0.15) is 26.7 Å². The monoisotopic (exact) mass is 378 g/mol. The molecule has 1 aromatic carbocycles. The third kappa shape index (κ3) is 6.89. The Balaban J connectivity index is 1.84. The molecule has 0 amide bonds. The molecule has 1 atom stereocenters. The lowest BCUT2D eigenvalue weighted by molar-refractivity contribution is 0.223. The highest BCUT2D eigenvalue weighted by molar-refractivity contribution is 6.32. The number of hydrogen-bond acceptors (Lipinski definition) is 3. The van der Waals surface area contributed by atoms with Gasteiger partial charge in [0.05, 0.1) is 11.6 Å². The number of ether oxygens (including phenoxy) is 1. The minimum Gasteiger partial charge on any atom is -0.487 e. The van der Waals surface area contributed by atoms with Crippen LogP contribution in [0.25, 0.3) is 0 Å². The highest BCUT2D eigenvalue weighted by atomic mass is 35.5. The molecule has 0 bridgehead atoms. The number of hydrogen-bond donors (Lipinski definition) is 2. The summed E-state index contributed by atoms with van der Waals surface area (Å²) >= 11 is 6.15. The topological polar surface area (TPSA) is 48.9 Å². The van der Waals surface area contributed by atoms with E-state index in [2.05, 4.69) is 34.0 Å². The van der Waals surface area contributed by atoms with Gasteiger partial charge in [-0.25, -0.2) is 4.99 Å². The number of para-hydroxylation sites is 1. The molecule has 0 saturated carbocycles. The Kier molecular flexibility index (Phi) is 8.78. The number of nitrogens with zero attached hydrogens (tertiary/aromatic N) is 2. The fraction of sp³-hybridized carbons (Fsp3) is 0.550. The van der Waals surface area contributed by atoms with Gasteiger partial charge in [-0.1, -0.05) is 29.8 Å². The maximum absolute atomic E-state index is 6.15. The number of guanidine groups is 1. The second-order valence-corrected chi connectivity index (χ2v) is 6.99. The Morgan fingerprint density at radius 1 is 1.42 bits per heavy atom. The second-order valence-electron chi connectivity index (χ2n) is 6.59. The molecule has 1 unspecified atom stereocenters. The molecule has 5 nitrogen and oxygen atoms in total. The molecule has 0 aromatic heterocycles. The molecule has 1 saturated heterocycles. The van der Waals surface area contributed by atoms with E-state index in [0.717, 1.165) is 45.0 Å². The van der Waals surface area contributed by atoms with E-state index in [1.165, 1.54) is 0 Å². The zero-order chi connectivity index (χ0) is 18.8. The molecule has 6 heteroatoms. The summed E-state index contributed by atoms with van der Waals surface area (Å²) in [5.41, 5.74) is 0. The summed E-state index contributed by atoms with van der Waals surface area (Å²) in [6, 6.07) is 7.97.